The zero-order valence-corrected chi connectivity index (χ0v) is 13.6. The molecule has 0 aromatic heterocycles. The van der Waals surface area contributed by atoms with Gasteiger partial charge in [0.15, 0.2) is 5.78 Å². The third-order valence-corrected chi connectivity index (χ3v) is 6.30. The van der Waals surface area contributed by atoms with Gasteiger partial charge in [-0.25, -0.2) is 0 Å². The summed E-state index contributed by atoms with van der Waals surface area (Å²) in [6.45, 7) is 0.768. The first-order valence-electron chi connectivity index (χ1n) is 8.48. The monoisotopic (exact) mass is 318 g/mol. The molecule has 4 aliphatic rings. The van der Waals surface area contributed by atoms with E-state index in [2.05, 4.69) is 0 Å². The van der Waals surface area contributed by atoms with Gasteiger partial charge >= 0.3 is 0 Å². The third kappa shape index (κ3) is 2.72. The topological polar surface area (TPSA) is 26.3 Å². The van der Waals surface area contributed by atoms with Crippen LogP contribution in [0.2, 0.25) is 5.02 Å². The number of rotatable bonds is 5. The molecule has 4 saturated carbocycles. The minimum Gasteiger partial charge on any atom is -0.369 e. The van der Waals surface area contributed by atoms with Gasteiger partial charge < -0.3 is 4.74 Å². The molecule has 0 unspecified atom stereocenters. The zero-order valence-electron chi connectivity index (χ0n) is 12.9. The molecular formula is C19H23ClO2. The maximum atomic E-state index is 12.8. The molecule has 0 N–H and O–H groups in total. The van der Waals surface area contributed by atoms with Gasteiger partial charge in [0.05, 0.1) is 6.61 Å². The van der Waals surface area contributed by atoms with Crippen molar-refractivity contribution in [1.82, 2.24) is 0 Å². The summed E-state index contributed by atoms with van der Waals surface area (Å²) in [7, 11) is 0. The molecule has 4 aliphatic carbocycles. The Morgan fingerprint density at radius 2 is 1.59 bits per heavy atom. The van der Waals surface area contributed by atoms with Crippen LogP contribution in [0.4, 0.5) is 0 Å². The Labute approximate surface area is 137 Å². The van der Waals surface area contributed by atoms with Gasteiger partial charge in [-0.15, -0.1) is 0 Å². The molecule has 118 valence electrons. The van der Waals surface area contributed by atoms with Crippen molar-refractivity contribution in [3.63, 3.8) is 0 Å². The van der Waals surface area contributed by atoms with Gasteiger partial charge in [0, 0.05) is 10.4 Å². The summed E-state index contributed by atoms with van der Waals surface area (Å²) in [5.41, 5.74) is 1.04. The second-order valence-corrected chi connectivity index (χ2v) is 8.18. The number of ether oxygens (including phenoxy) is 1. The van der Waals surface area contributed by atoms with Gasteiger partial charge in [0.25, 0.3) is 0 Å². The van der Waals surface area contributed by atoms with E-state index in [0.29, 0.717) is 12.4 Å². The summed E-state index contributed by atoms with van der Waals surface area (Å²) in [6, 6.07) is 7.64. The molecule has 2 nitrogen and oxygen atoms in total. The summed E-state index contributed by atoms with van der Waals surface area (Å²) < 4.78 is 5.72. The average Bonchev–Trinajstić information content (AvgIpc) is 2.48. The fraction of sp³-hybridized carbons (Fsp3) is 0.632. The predicted molar refractivity (Wildman–Crippen MR) is 86.7 cm³/mol. The van der Waals surface area contributed by atoms with Gasteiger partial charge in [-0.3, -0.25) is 4.79 Å². The van der Waals surface area contributed by atoms with Crippen LogP contribution >= 0.6 is 11.6 Å². The van der Waals surface area contributed by atoms with Crippen LogP contribution in [0.5, 0.6) is 0 Å². The van der Waals surface area contributed by atoms with Crippen molar-refractivity contribution in [2.24, 2.45) is 23.2 Å². The number of carbonyl (C=O) groups excluding carboxylic acids is 1. The largest absolute Gasteiger partial charge is 0.369 e. The molecule has 1 aromatic rings. The lowest BCUT2D eigenvalue weighted by Crippen LogP contribution is -2.51. The molecule has 0 radical (unpaired) electrons. The predicted octanol–water partition coefficient (Wildman–Crippen LogP) is 4.64. The first-order valence-corrected chi connectivity index (χ1v) is 8.86. The number of benzene rings is 1. The standard InChI is InChI=1S/C19H23ClO2/c20-17-3-1-13(2-4-17)11-22-12-18(21)19-8-14-5-15(9-19)7-16(6-14)10-19/h1-4,14-16H,5-12H2. The van der Waals surface area contributed by atoms with Crippen molar-refractivity contribution in [3.8, 4) is 0 Å². The second-order valence-electron chi connectivity index (χ2n) is 7.74. The van der Waals surface area contributed by atoms with E-state index in [1.54, 1.807) is 0 Å². The Kier molecular flexibility index (Phi) is 3.78. The minimum absolute atomic E-state index is 0.0330. The molecule has 1 aromatic carbocycles. The van der Waals surface area contributed by atoms with Crippen LogP contribution < -0.4 is 0 Å². The quantitative estimate of drug-likeness (QED) is 0.790. The summed E-state index contributed by atoms with van der Waals surface area (Å²) in [6.07, 6.45) is 7.50. The highest BCUT2D eigenvalue weighted by atomic mass is 35.5. The van der Waals surface area contributed by atoms with Crippen molar-refractivity contribution >= 4 is 17.4 Å². The second kappa shape index (κ2) is 5.65. The van der Waals surface area contributed by atoms with Crippen molar-refractivity contribution in [3.05, 3.63) is 34.9 Å². The first-order chi connectivity index (χ1) is 10.6. The van der Waals surface area contributed by atoms with Gasteiger partial charge in [-0.1, -0.05) is 23.7 Å². The average molecular weight is 319 g/mol. The summed E-state index contributed by atoms with van der Waals surface area (Å²) >= 11 is 5.88. The molecule has 4 fully saturated rings. The Hall–Kier alpha value is -0.860. The molecule has 0 aliphatic heterocycles. The van der Waals surface area contributed by atoms with E-state index in [4.69, 9.17) is 16.3 Å². The molecule has 0 saturated heterocycles. The van der Waals surface area contributed by atoms with E-state index < -0.39 is 0 Å². The number of halogens is 1. The van der Waals surface area contributed by atoms with Gasteiger partial charge in [0.2, 0.25) is 0 Å². The molecular weight excluding hydrogens is 296 g/mol. The van der Waals surface area contributed by atoms with Crippen molar-refractivity contribution in [2.75, 3.05) is 6.61 Å². The summed E-state index contributed by atoms with van der Waals surface area (Å²) in [4.78, 5) is 12.8. The summed E-state index contributed by atoms with van der Waals surface area (Å²) in [5.74, 6) is 2.80. The number of ketones is 1. The van der Waals surface area contributed by atoms with Gasteiger partial charge in [0.1, 0.15) is 6.61 Å². The van der Waals surface area contributed by atoms with Crippen molar-refractivity contribution in [2.45, 2.75) is 45.1 Å². The van der Waals surface area contributed by atoms with Crippen LogP contribution in [0, 0.1) is 23.2 Å². The number of hydrogen-bond acceptors (Lipinski definition) is 2. The highest BCUT2D eigenvalue weighted by molar-refractivity contribution is 6.30. The molecule has 22 heavy (non-hydrogen) atoms. The van der Waals surface area contributed by atoms with E-state index in [9.17, 15) is 4.79 Å². The lowest BCUT2D eigenvalue weighted by atomic mass is 9.48. The lowest BCUT2D eigenvalue weighted by Gasteiger charge is -2.55. The van der Waals surface area contributed by atoms with E-state index >= 15 is 0 Å². The van der Waals surface area contributed by atoms with Crippen LogP contribution in [0.25, 0.3) is 0 Å². The Bertz CT molecular complexity index is 528. The Balaban J connectivity index is 1.35. The molecule has 5 rings (SSSR count). The fourth-order valence-electron chi connectivity index (χ4n) is 5.45. The maximum absolute atomic E-state index is 12.8. The highest BCUT2D eigenvalue weighted by Gasteiger charge is 2.54. The number of hydrogen-bond donors (Lipinski definition) is 0. The zero-order chi connectivity index (χ0) is 15.2. The molecule has 3 heteroatoms. The smallest absolute Gasteiger partial charge is 0.164 e. The van der Waals surface area contributed by atoms with Crippen LogP contribution in [0.15, 0.2) is 24.3 Å². The maximum Gasteiger partial charge on any atom is 0.164 e. The SMILES string of the molecule is O=C(COCc1ccc(Cl)cc1)C12CC3CC(CC(C3)C1)C2. The molecule has 0 atom stereocenters. The molecule has 0 spiro atoms. The molecule has 0 amide bonds. The van der Waals surface area contributed by atoms with Gasteiger partial charge in [-0.2, -0.15) is 0 Å². The summed E-state index contributed by atoms with van der Waals surface area (Å²) in [5, 5.41) is 0.730. The normalized spacial score (nSPS) is 35.8. The van der Waals surface area contributed by atoms with Crippen molar-refractivity contribution < 1.29 is 9.53 Å². The van der Waals surface area contributed by atoms with E-state index in [1.807, 2.05) is 24.3 Å². The minimum atomic E-state index is -0.0330. The van der Waals surface area contributed by atoms with Crippen LogP contribution in [-0.2, 0) is 16.1 Å². The third-order valence-electron chi connectivity index (χ3n) is 6.04. The first kappa shape index (κ1) is 14.7. The van der Waals surface area contributed by atoms with E-state index in [-0.39, 0.29) is 12.0 Å². The fourth-order valence-corrected chi connectivity index (χ4v) is 5.57. The van der Waals surface area contributed by atoms with Gasteiger partial charge in [-0.05, 0) is 74.0 Å². The Morgan fingerprint density at radius 1 is 1.05 bits per heavy atom. The number of carbonyl (C=O) groups is 1. The highest BCUT2D eigenvalue weighted by Crippen LogP contribution is 2.60. The van der Waals surface area contributed by atoms with E-state index in [1.165, 1.54) is 19.3 Å². The Morgan fingerprint density at radius 3 is 2.14 bits per heavy atom. The molecule has 4 bridgehead atoms. The molecule has 0 heterocycles. The number of Topliss-reactive ketones (excluding diaryl/α,β-unsaturated/α-hetero) is 1. The van der Waals surface area contributed by atoms with Crippen molar-refractivity contribution in [1.29, 1.82) is 0 Å². The van der Waals surface area contributed by atoms with Crippen LogP contribution in [0.3, 0.4) is 0 Å². The van der Waals surface area contributed by atoms with E-state index in [0.717, 1.165) is 47.6 Å². The van der Waals surface area contributed by atoms with Crippen LogP contribution in [0.1, 0.15) is 44.1 Å². The van der Waals surface area contributed by atoms with Crippen LogP contribution in [-0.4, -0.2) is 12.4 Å². The lowest BCUT2D eigenvalue weighted by molar-refractivity contribution is -0.149.